The minimum atomic E-state index is -1.47. The predicted molar refractivity (Wildman–Crippen MR) is 389 cm³/mol. The number of amides is 8. The maximum atomic E-state index is 14.3. The van der Waals surface area contributed by atoms with Crippen LogP contribution in [0, 0.1) is 5.41 Å². The van der Waals surface area contributed by atoms with E-state index in [1.807, 2.05) is 0 Å². The summed E-state index contributed by atoms with van der Waals surface area (Å²) in [6.07, 6.45) is -8.63. The van der Waals surface area contributed by atoms with Gasteiger partial charge in [0, 0.05) is 47.0 Å². The van der Waals surface area contributed by atoms with Crippen molar-refractivity contribution >= 4 is 47.3 Å². The molecule has 3 saturated heterocycles. The van der Waals surface area contributed by atoms with Gasteiger partial charge in [-0.25, -0.2) is 0 Å². The number of hydrogen-bond acceptors (Lipinski definition) is 32. The molecular formula is C71H130N8O32. The summed E-state index contributed by atoms with van der Waals surface area (Å²) in [6.45, 7) is 10.3. The summed E-state index contributed by atoms with van der Waals surface area (Å²) in [4.78, 5) is 102. The molecule has 40 nitrogen and oxygen atoms in total. The average Bonchev–Trinajstić information content (AvgIpc) is 0.820. The van der Waals surface area contributed by atoms with Crippen LogP contribution >= 0.6 is 0 Å². The molecule has 0 bridgehead atoms. The highest BCUT2D eigenvalue weighted by atomic mass is 16.7. The highest BCUT2D eigenvalue weighted by Crippen LogP contribution is 2.27. The standard InChI is InChI=1S/C71H130N8O32/c1-46(83)75-57-63(92)60(89)51(17-22-80)109-68(57)106-38-35-100-26-23-97-29-33-104-44-55(87)73-20-14-10-16-50(78-56(88)45-105-34-31-99-25-28-102-37-40-108-70-59(77-48(3)85)65(94)62(91)53(42-82)111-70)67(96)79-49(66(95)74-21-12-8-7-11-18-71(4,5)6)15-9-13-19-72-54(86)43-103-32-30-98-24-27-101-36-39-107-69-58(76-47(2)84)64(93)61(90)52(41-81)110-69/h49-53,57-65,68-70,80-82,89-94H,7-45H2,1-6H3,(H,72,86)(H,73,87)(H,74,95)(H,75,83)(H,76,84)(H,77,85)(H,78,88)(H,79,96)/t49-,50+,51-,52-,53-,57-,58-,59-,60+,61+,62+,63-,64-,65-,68-,69-,70-/m1/s1. The first kappa shape index (κ1) is 100.0. The Morgan fingerprint density at radius 1 is 0.360 bits per heavy atom. The number of hydrogen-bond donors (Lipinski definition) is 17. The van der Waals surface area contributed by atoms with Crippen molar-refractivity contribution in [2.24, 2.45) is 5.41 Å². The molecule has 3 aliphatic rings. The molecule has 40 heteroatoms. The lowest BCUT2D eigenvalue weighted by molar-refractivity contribution is -0.272. The predicted octanol–water partition coefficient (Wildman–Crippen LogP) is -5.94. The zero-order chi connectivity index (χ0) is 81.8. The van der Waals surface area contributed by atoms with Crippen LogP contribution in [-0.4, -0.2) is 375 Å². The third kappa shape index (κ3) is 43.9. The van der Waals surface area contributed by atoms with Crippen LogP contribution in [0.4, 0.5) is 0 Å². The van der Waals surface area contributed by atoms with Gasteiger partial charge in [0.1, 0.15) is 98.9 Å². The van der Waals surface area contributed by atoms with Crippen molar-refractivity contribution in [3.8, 4) is 0 Å². The Labute approximate surface area is 649 Å². The number of carbonyl (C=O) groups excluding carboxylic acids is 8. The zero-order valence-electron chi connectivity index (χ0n) is 65.3. The number of aliphatic hydroxyl groups excluding tert-OH is 9. The fraction of sp³-hybridized carbons (Fsp3) is 0.887. The third-order valence-electron chi connectivity index (χ3n) is 17.4. The molecule has 0 aromatic rings. The molecule has 0 unspecified atom stereocenters. The average molecular weight is 1610 g/mol. The second-order valence-corrected chi connectivity index (χ2v) is 28.0. The summed E-state index contributed by atoms with van der Waals surface area (Å²) in [5.74, 6) is -3.94. The van der Waals surface area contributed by atoms with E-state index in [0.29, 0.717) is 38.6 Å². The Morgan fingerprint density at radius 2 is 0.676 bits per heavy atom. The van der Waals surface area contributed by atoms with E-state index in [2.05, 4.69) is 63.3 Å². The minimum absolute atomic E-state index is 0.00744. The molecule has 0 saturated carbocycles. The Kier molecular flexibility index (Phi) is 53.6. The van der Waals surface area contributed by atoms with Gasteiger partial charge in [0.2, 0.25) is 47.3 Å². The van der Waals surface area contributed by atoms with Gasteiger partial charge in [-0.2, -0.15) is 0 Å². The Bertz CT molecular complexity index is 2560. The van der Waals surface area contributed by atoms with E-state index in [1.165, 1.54) is 20.8 Å². The summed E-state index contributed by atoms with van der Waals surface area (Å²) < 4.78 is 83.4. The molecule has 0 aromatic heterocycles. The van der Waals surface area contributed by atoms with E-state index >= 15 is 0 Å². The molecule has 646 valence electrons. The van der Waals surface area contributed by atoms with Crippen molar-refractivity contribution in [2.45, 2.75) is 223 Å². The summed E-state index contributed by atoms with van der Waals surface area (Å²) in [5.41, 5.74) is 0.200. The van der Waals surface area contributed by atoms with E-state index in [-0.39, 0.29) is 182 Å². The fourth-order valence-electron chi connectivity index (χ4n) is 11.6. The van der Waals surface area contributed by atoms with Crippen LogP contribution in [0.3, 0.4) is 0 Å². The van der Waals surface area contributed by atoms with Gasteiger partial charge in [-0.05, 0) is 63.2 Å². The molecule has 3 rings (SSSR count). The van der Waals surface area contributed by atoms with Crippen LogP contribution in [0.2, 0.25) is 0 Å². The highest BCUT2D eigenvalue weighted by Gasteiger charge is 2.48. The molecule has 17 atom stereocenters. The lowest BCUT2D eigenvalue weighted by atomic mass is 9.89. The molecule has 0 radical (unpaired) electrons. The van der Waals surface area contributed by atoms with Gasteiger partial charge < -0.3 is 160 Å². The first-order chi connectivity index (χ1) is 53.2. The second kappa shape index (κ2) is 59.5. The maximum Gasteiger partial charge on any atom is 0.246 e. The van der Waals surface area contributed by atoms with Crippen molar-refractivity contribution in [3.63, 3.8) is 0 Å². The molecule has 0 aromatic carbocycles. The number of aliphatic hydroxyl groups is 9. The van der Waals surface area contributed by atoms with Gasteiger partial charge in [-0.15, -0.1) is 0 Å². The molecule has 3 fully saturated rings. The topological polar surface area (TPSA) is 553 Å². The Morgan fingerprint density at radius 3 is 1.04 bits per heavy atom. The molecule has 17 N–H and O–H groups in total. The van der Waals surface area contributed by atoms with Gasteiger partial charge in [0.05, 0.1) is 138 Å². The SMILES string of the molecule is CC(=O)N[C@H]1[C@H](OCCOCCOCCOCC(=O)NCCCC[C@@H](NC(=O)[C@H](CCCCNC(=O)COCCOCCOCCO[C@@H]2O[C@H](CCO)[C@H](O)[C@H](O)[C@H]2NC(C)=O)NC(=O)COCCOCCOCCO[C@@H]2O[C@H](CO)[C@H](O)[C@H](O)[C@H]2NC(C)=O)C(=O)NCCCCCCC(C)(C)C)O[C@H](CO)[C@H](O)[C@@H]1O. The lowest BCUT2D eigenvalue weighted by Crippen LogP contribution is -2.64. The third-order valence-corrected chi connectivity index (χ3v) is 17.4. The minimum Gasteiger partial charge on any atom is -0.396 e. The van der Waals surface area contributed by atoms with Crippen LogP contribution in [-0.2, 0) is 109 Å². The smallest absolute Gasteiger partial charge is 0.246 e. The van der Waals surface area contributed by atoms with Crippen molar-refractivity contribution < 1.29 is 155 Å². The number of carbonyl (C=O) groups is 8. The number of ether oxygens (including phenoxy) is 15. The van der Waals surface area contributed by atoms with Gasteiger partial charge in [0.15, 0.2) is 18.9 Å². The first-order valence-corrected chi connectivity index (χ1v) is 38.4. The summed E-state index contributed by atoms with van der Waals surface area (Å²) in [5, 5.41) is 112. The normalized spacial score (nSPS) is 24.6. The van der Waals surface area contributed by atoms with Crippen molar-refractivity contribution in [1.82, 2.24) is 42.5 Å². The van der Waals surface area contributed by atoms with Gasteiger partial charge in [0.25, 0.3) is 0 Å². The highest BCUT2D eigenvalue weighted by molar-refractivity contribution is 5.92. The second-order valence-electron chi connectivity index (χ2n) is 28.0. The van der Waals surface area contributed by atoms with Gasteiger partial charge >= 0.3 is 0 Å². The largest absolute Gasteiger partial charge is 0.396 e. The zero-order valence-corrected chi connectivity index (χ0v) is 65.3. The molecule has 8 amide bonds. The first-order valence-electron chi connectivity index (χ1n) is 38.4. The maximum absolute atomic E-state index is 14.3. The van der Waals surface area contributed by atoms with E-state index in [9.17, 15) is 84.3 Å². The fourth-order valence-corrected chi connectivity index (χ4v) is 11.6. The van der Waals surface area contributed by atoms with Crippen LogP contribution in [0.1, 0.15) is 119 Å². The van der Waals surface area contributed by atoms with E-state index in [1.54, 1.807) is 0 Å². The van der Waals surface area contributed by atoms with E-state index < -0.39 is 165 Å². The molecule has 111 heavy (non-hydrogen) atoms. The van der Waals surface area contributed by atoms with Crippen molar-refractivity contribution in [1.29, 1.82) is 0 Å². The Balaban J connectivity index is 1.48. The summed E-state index contributed by atoms with van der Waals surface area (Å²) in [6, 6.07) is -5.41. The Hall–Kier alpha value is -5.20. The molecular weight excluding hydrogens is 1480 g/mol. The number of rotatable bonds is 63. The lowest BCUT2D eigenvalue weighted by Gasteiger charge is -2.42. The molecule has 3 aliphatic heterocycles. The molecule has 0 spiro atoms. The number of nitrogens with one attached hydrogen (secondary N) is 8. The summed E-state index contributed by atoms with van der Waals surface area (Å²) >= 11 is 0. The molecule has 0 aliphatic carbocycles. The van der Waals surface area contributed by atoms with Crippen molar-refractivity contribution in [2.75, 3.05) is 178 Å². The van der Waals surface area contributed by atoms with Crippen molar-refractivity contribution in [3.05, 3.63) is 0 Å². The van der Waals surface area contributed by atoms with Crippen LogP contribution in [0.15, 0.2) is 0 Å². The van der Waals surface area contributed by atoms with E-state index in [0.717, 1.165) is 25.7 Å². The van der Waals surface area contributed by atoms with Crippen LogP contribution < -0.4 is 42.5 Å². The molecule has 3 heterocycles. The van der Waals surface area contributed by atoms with Gasteiger partial charge in [-0.3, -0.25) is 38.4 Å². The summed E-state index contributed by atoms with van der Waals surface area (Å²) in [7, 11) is 0. The van der Waals surface area contributed by atoms with Crippen LogP contribution in [0.25, 0.3) is 0 Å². The monoisotopic (exact) mass is 1610 g/mol. The van der Waals surface area contributed by atoms with E-state index in [4.69, 9.17) is 71.1 Å². The van der Waals surface area contributed by atoms with Gasteiger partial charge in [-0.1, -0.05) is 40.0 Å². The van der Waals surface area contributed by atoms with Crippen LogP contribution in [0.5, 0.6) is 0 Å². The quantitative estimate of drug-likeness (QED) is 0.0252. The number of unbranched alkanes of at least 4 members (excludes halogenated alkanes) is 5.